The molecule has 2 N–H and O–H groups in total. The second-order valence-corrected chi connectivity index (χ2v) is 4.71. The summed E-state index contributed by atoms with van der Waals surface area (Å²) in [6.07, 6.45) is 1.79. The first-order valence-corrected chi connectivity index (χ1v) is 6.01. The fourth-order valence-electron chi connectivity index (χ4n) is 1.36. The standard InChI is InChI=1S/C13H22N4/c1-9(2)15-13(16-10(3)4)17-12-8-11(5)6-7-14-12/h6-10H,1-5H3,(H2,14,15,16,17). The molecule has 0 radical (unpaired) electrons. The lowest BCUT2D eigenvalue weighted by molar-refractivity contribution is 0.717. The normalized spacial score (nSPS) is 12.1. The molecule has 0 bridgehead atoms. The number of aromatic nitrogens is 1. The van der Waals surface area contributed by atoms with Crippen molar-refractivity contribution < 1.29 is 0 Å². The molecule has 0 unspecified atom stereocenters. The quantitative estimate of drug-likeness (QED) is 0.624. The Hall–Kier alpha value is -1.58. The summed E-state index contributed by atoms with van der Waals surface area (Å²) in [6.45, 7) is 10.3. The molecule has 0 atom stereocenters. The highest BCUT2D eigenvalue weighted by Gasteiger charge is 2.04. The van der Waals surface area contributed by atoms with Crippen molar-refractivity contribution in [3.05, 3.63) is 23.9 Å². The zero-order valence-corrected chi connectivity index (χ0v) is 11.3. The molecule has 1 aromatic rings. The molecular weight excluding hydrogens is 212 g/mol. The van der Waals surface area contributed by atoms with Crippen LogP contribution in [0.1, 0.15) is 33.3 Å². The van der Waals surface area contributed by atoms with Gasteiger partial charge in [-0.3, -0.25) is 4.99 Å². The smallest absolute Gasteiger partial charge is 0.197 e. The van der Waals surface area contributed by atoms with E-state index < -0.39 is 0 Å². The van der Waals surface area contributed by atoms with E-state index in [2.05, 4.69) is 34.5 Å². The van der Waals surface area contributed by atoms with Crippen molar-refractivity contribution in [3.63, 3.8) is 0 Å². The molecule has 0 amide bonds. The molecule has 1 rings (SSSR count). The van der Waals surface area contributed by atoms with E-state index in [0.717, 1.165) is 11.8 Å². The minimum atomic E-state index is 0.244. The third-order valence-corrected chi connectivity index (χ3v) is 1.97. The number of nitrogens with one attached hydrogen (secondary N) is 2. The zero-order valence-electron chi connectivity index (χ0n) is 11.3. The summed E-state index contributed by atoms with van der Waals surface area (Å²) in [5.74, 6) is 1.59. The summed E-state index contributed by atoms with van der Waals surface area (Å²) >= 11 is 0. The monoisotopic (exact) mass is 234 g/mol. The van der Waals surface area contributed by atoms with Gasteiger partial charge in [0.05, 0.1) is 0 Å². The number of anilines is 1. The van der Waals surface area contributed by atoms with Gasteiger partial charge >= 0.3 is 0 Å². The fraction of sp³-hybridized carbons (Fsp3) is 0.538. The summed E-state index contributed by atoms with van der Waals surface area (Å²) in [4.78, 5) is 8.76. The van der Waals surface area contributed by atoms with Crippen LogP contribution >= 0.6 is 0 Å². The Morgan fingerprint density at radius 1 is 1.29 bits per heavy atom. The molecule has 1 heterocycles. The van der Waals surface area contributed by atoms with Gasteiger partial charge in [-0.1, -0.05) is 0 Å². The molecule has 4 heteroatoms. The maximum Gasteiger partial charge on any atom is 0.197 e. The molecule has 0 aliphatic heterocycles. The van der Waals surface area contributed by atoms with Gasteiger partial charge in [0, 0.05) is 18.3 Å². The summed E-state index contributed by atoms with van der Waals surface area (Å²) in [5, 5.41) is 6.49. The van der Waals surface area contributed by atoms with Crippen molar-refractivity contribution in [2.75, 3.05) is 5.32 Å². The Bertz CT molecular complexity index is 383. The van der Waals surface area contributed by atoms with E-state index in [9.17, 15) is 0 Å². The minimum absolute atomic E-state index is 0.244. The first-order chi connectivity index (χ1) is 7.97. The lowest BCUT2D eigenvalue weighted by Gasteiger charge is -2.15. The van der Waals surface area contributed by atoms with Crippen LogP contribution in [0.5, 0.6) is 0 Å². The Morgan fingerprint density at radius 2 is 2.00 bits per heavy atom. The van der Waals surface area contributed by atoms with Crippen LogP contribution < -0.4 is 10.6 Å². The van der Waals surface area contributed by atoms with Crippen molar-refractivity contribution in [1.82, 2.24) is 10.3 Å². The number of nitrogens with zero attached hydrogens (tertiary/aromatic N) is 2. The van der Waals surface area contributed by atoms with Crippen LogP contribution in [-0.2, 0) is 0 Å². The van der Waals surface area contributed by atoms with E-state index in [4.69, 9.17) is 0 Å². The van der Waals surface area contributed by atoms with Crippen molar-refractivity contribution in [3.8, 4) is 0 Å². The predicted octanol–water partition coefficient (Wildman–Crippen LogP) is 2.56. The summed E-state index contributed by atoms with van der Waals surface area (Å²) in [7, 11) is 0. The van der Waals surface area contributed by atoms with E-state index in [1.807, 2.05) is 32.9 Å². The van der Waals surface area contributed by atoms with Crippen LogP contribution in [0.3, 0.4) is 0 Å². The molecule has 4 nitrogen and oxygen atoms in total. The van der Waals surface area contributed by atoms with Gasteiger partial charge < -0.3 is 10.6 Å². The third-order valence-electron chi connectivity index (χ3n) is 1.97. The average molecular weight is 234 g/mol. The number of rotatable bonds is 3. The highest BCUT2D eigenvalue weighted by Crippen LogP contribution is 2.05. The Balaban J connectivity index is 2.79. The van der Waals surface area contributed by atoms with Crippen molar-refractivity contribution in [2.45, 2.75) is 46.7 Å². The molecule has 0 aliphatic rings. The number of aliphatic imine (C=N–C) groups is 1. The van der Waals surface area contributed by atoms with Gasteiger partial charge in [-0.2, -0.15) is 0 Å². The van der Waals surface area contributed by atoms with Gasteiger partial charge in [0.25, 0.3) is 0 Å². The van der Waals surface area contributed by atoms with Crippen molar-refractivity contribution >= 4 is 11.8 Å². The molecule has 0 saturated carbocycles. The van der Waals surface area contributed by atoms with E-state index in [1.54, 1.807) is 6.20 Å². The average Bonchev–Trinajstić information content (AvgIpc) is 2.14. The van der Waals surface area contributed by atoms with Crippen molar-refractivity contribution in [2.24, 2.45) is 4.99 Å². The maximum atomic E-state index is 4.50. The molecule has 0 aliphatic carbocycles. The first-order valence-electron chi connectivity index (χ1n) is 6.01. The molecule has 0 spiro atoms. The molecule has 0 saturated heterocycles. The zero-order chi connectivity index (χ0) is 12.8. The number of hydrogen-bond donors (Lipinski definition) is 2. The van der Waals surface area contributed by atoms with Crippen LogP contribution in [-0.4, -0.2) is 23.0 Å². The van der Waals surface area contributed by atoms with Gasteiger partial charge in [-0.05, 0) is 52.3 Å². The van der Waals surface area contributed by atoms with Crippen LogP contribution in [0.25, 0.3) is 0 Å². The number of guanidine groups is 1. The molecule has 1 aromatic heterocycles. The second-order valence-electron chi connectivity index (χ2n) is 4.71. The van der Waals surface area contributed by atoms with Gasteiger partial charge in [-0.25, -0.2) is 4.98 Å². The van der Waals surface area contributed by atoms with Gasteiger partial charge in [0.2, 0.25) is 0 Å². The summed E-state index contributed by atoms with van der Waals surface area (Å²) < 4.78 is 0. The Kier molecular flexibility index (Phi) is 4.94. The summed E-state index contributed by atoms with van der Waals surface area (Å²) in [5.41, 5.74) is 1.18. The van der Waals surface area contributed by atoms with Crippen LogP contribution in [0.4, 0.5) is 5.82 Å². The number of hydrogen-bond acceptors (Lipinski definition) is 2. The van der Waals surface area contributed by atoms with Gasteiger partial charge in [0.1, 0.15) is 5.82 Å². The predicted molar refractivity (Wildman–Crippen MR) is 73.4 cm³/mol. The third kappa shape index (κ3) is 5.33. The maximum absolute atomic E-state index is 4.50. The van der Waals surface area contributed by atoms with E-state index in [1.165, 1.54) is 5.56 Å². The van der Waals surface area contributed by atoms with Crippen LogP contribution in [0.15, 0.2) is 23.3 Å². The first kappa shape index (κ1) is 13.5. The van der Waals surface area contributed by atoms with Crippen LogP contribution in [0, 0.1) is 6.92 Å². The van der Waals surface area contributed by atoms with E-state index >= 15 is 0 Å². The topological polar surface area (TPSA) is 49.3 Å². The largest absolute Gasteiger partial charge is 0.354 e. The van der Waals surface area contributed by atoms with E-state index in [0.29, 0.717) is 6.04 Å². The number of aryl methyl sites for hydroxylation is 1. The highest BCUT2D eigenvalue weighted by molar-refractivity contribution is 5.93. The fourth-order valence-corrected chi connectivity index (χ4v) is 1.36. The minimum Gasteiger partial charge on any atom is -0.354 e. The van der Waals surface area contributed by atoms with E-state index in [-0.39, 0.29) is 6.04 Å². The lowest BCUT2D eigenvalue weighted by Crippen LogP contribution is -2.36. The van der Waals surface area contributed by atoms with Crippen molar-refractivity contribution in [1.29, 1.82) is 0 Å². The molecule has 17 heavy (non-hydrogen) atoms. The molecule has 0 fully saturated rings. The molecule has 0 aromatic carbocycles. The Morgan fingerprint density at radius 3 is 2.53 bits per heavy atom. The van der Waals surface area contributed by atoms with Gasteiger partial charge in [-0.15, -0.1) is 0 Å². The van der Waals surface area contributed by atoms with Gasteiger partial charge in [0.15, 0.2) is 5.96 Å². The summed E-state index contributed by atoms with van der Waals surface area (Å²) in [6, 6.07) is 4.55. The van der Waals surface area contributed by atoms with Crippen LogP contribution in [0.2, 0.25) is 0 Å². The highest BCUT2D eigenvalue weighted by atomic mass is 15.2. The molecule has 94 valence electrons. The molecular formula is C13H22N4. The SMILES string of the molecule is Cc1ccnc(NC(=NC(C)C)NC(C)C)c1. The Labute approximate surface area is 104 Å². The number of pyridine rings is 1. The second kappa shape index (κ2) is 6.23. The lowest BCUT2D eigenvalue weighted by atomic mass is 10.3.